The largest absolute Gasteiger partial charge is 0.311 e. The lowest BCUT2D eigenvalue weighted by Crippen LogP contribution is -2.37. The van der Waals surface area contributed by atoms with Crippen molar-refractivity contribution in [2.75, 3.05) is 16.8 Å². The zero-order chi connectivity index (χ0) is 21.1. The highest BCUT2D eigenvalue weighted by molar-refractivity contribution is 5.97. The molecule has 8 nitrogen and oxygen atoms in total. The molecule has 0 bridgehead atoms. The third kappa shape index (κ3) is 4.35. The van der Waals surface area contributed by atoms with E-state index in [1.807, 2.05) is 17.7 Å². The Bertz CT molecular complexity index is 1080. The SMILES string of the molecule is Cc1cc2n(n1)CCCN2C(=O)CCC(=O)Nc1ccc(-c2cc(F)ccn2)cn1. The molecule has 9 heteroatoms. The Balaban J connectivity index is 1.32. The molecule has 154 valence electrons. The van der Waals surface area contributed by atoms with Crippen LogP contribution >= 0.6 is 0 Å². The van der Waals surface area contributed by atoms with Gasteiger partial charge >= 0.3 is 0 Å². The fourth-order valence-electron chi connectivity index (χ4n) is 3.40. The van der Waals surface area contributed by atoms with Crippen molar-refractivity contribution in [2.24, 2.45) is 0 Å². The van der Waals surface area contributed by atoms with Crippen molar-refractivity contribution in [1.82, 2.24) is 19.7 Å². The fourth-order valence-corrected chi connectivity index (χ4v) is 3.40. The number of fused-ring (bicyclic) bond motifs is 1. The summed E-state index contributed by atoms with van der Waals surface area (Å²) in [6, 6.07) is 7.79. The van der Waals surface area contributed by atoms with E-state index in [2.05, 4.69) is 20.4 Å². The monoisotopic (exact) mass is 408 g/mol. The lowest BCUT2D eigenvalue weighted by atomic mass is 10.2. The zero-order valence-electron chi connectivity index (χ0n) is 16.5. The van der Waals surface area contributed by atoms with Crippen LogP contribution in [0.5, 0.6) is 0 Å². The summed E-state index contributed by atoms with van der Waals surface area (Å²) in [7, 11) is 0. The summed E-state index contributed by atoms with van der Waals surface area (Å²) in [6.45, 7) is 3.31. The molecule has 3 aromatic heterocycles. The van der Waals surface area contributed by atoms with Crippen molar-refractivity contribution in [3.63, 3.8) is 0 Å². The van der Waals surface area contributed by atoms with Gasteiger partial charge in [0.2, 0.25) is 11.8 Å². The first-order chi connectivity index (χ1) is 14.5. The Labute approximate surface area is 172 Å². The molecule has 30 heavy (non-hydrogen) atoms. The third-order valence-electron chi connectivity index (χ3n) is 4.82. The number of nitrogens with one attached hydrogen (secondary N) is 1. The van der Waals surface area contributed by atoms with Crippen LogP contribution in [-0.2, 0) is 16.1 Å². The molecular weight excluding hydrogens is 387 g/mol. The van der Waals surface area contributed by atoms with Crippen LogP contribution in [0.2, 0.25) is 0 Å². The summed E-state index contributed by atoms with van der Waals surface area (Å²) >= 11 is 0. The molecule has 0 saturated heterocycles. The van der Waals surface area contributed by atoms with E-state index in [1.54, 1.807) is 17.0 Å². The number of anilines is 2. The van der Waals surface area contributed by atoms with Crippen molar-refractivity contribution in [3.05, 3.63) is 54.2 Å². The normalized spacial score (nSPS) is 13.1. The van der Waals surface area contributed by atoms with Gasteiger partial charge in [-0.15, -0.1) is 0 Å². The maximum Gasteiger partial charge on any atom is 0.228 e. The molecule has 4 rings (SSSR count). The maximum absolute atomic E-state index is 13.3. The number of aryl methyl sites for hydroxylation is 2. The third-order valence-corrected chi connectivity index (χ3v) is 4.82. The second kappa shape index (κ2) is 8.40. The number of amides is 2. The van der Waals surface area contributed by atoms with Crippen LogP contribution in [0.15, 0.2) is 42.7 Å². The smallest absolute Gasteiger partial charge is 0.228 e. The summed E-state index contributed by atoms with van der Waals surface area (Å²) in [6.07, 6.45) is 3.88. The van der Waals surface area contributed by atoms with E-state index in [-0.39, 0.29) is 30.5 Å². The number of nitrogens with zero attached hydrogens (tertiary/aromatic N) is 5. The van der Waals surface area contributed by atoms with Crippen molar-refractivity contribution < 1.29 is 14.0 Å². The van der Waals surface area contributed by atoms with Gasteiger partial charge in [-0.25, -0.2) is 14.1 Å². The molecule has 1 aliphatic heterocycles. The second-order valence-corrected chi connectivity index (χ2v) is 7.11. The van der Waals surface area contributed by atoms with Gasteiger partial charge in [0.15, 0.2) is 0 Å². The minimum atomic E-state index is -0.381. The van der Waals surface area contributed by atoms with E-state index < -0.39 is 0 Å². The van der Waals surface area contributed by atoms with Crippen molar-refractivity contribution in [2.45, 2.75) is 32.7 Å². The van der Waals surface area contributed by atoms with E-state index in [0.717, 1.165) is 24.5 Å². The molecular formula is C21H21FN6O2. The van der Waals surface area contributed by atoms with Gasteiger partial charge in [-0.05, 0) is 31.5 Å². The van der Waals surface area contributed by atoms with Gasteiger partial charge in [-0.2, -0.15) is 5.10 Å². The lowest BCUT2D eigenvalue weighted by molar-refractivity contribution is -0.122. The van der Waals surface area contributed by atoms with Gasteiger partial charge in [0.1, 0.15) is 17.5 Å². The molecule has 0 unspecified atom stereocenters. The number of hydrogen-bond acceptors (Lipinski definition) is 5. The topological polar surface area (TPSA) is 93.0 Å². The van der Waals surface area contributed by atoms with Crippen molar-refractivity contribution >= 4 is 23.5 Å². The Kier molecular flexibility index (Phi) is 5.51. The Morgan fingerprint density at radius 2 is 2.00 bits per heavy atom. The van der Waals surface area contributed by atoms with Crippen LogP contribution in [0.4, 0.5) is 16.0 Å². The number of pyridine rings is 2. The number of carbonyl (C=O) groups excluding carboxylic acids is 2. The number of rotatable bonds is 5. The summed E-state index contributed by atoms with van der Waals surface area (Å²) < 4.78 is 15.1. The summed E-state index contributed by atoms with van der Waals surface area (Å²) in [4.78, 5) is 34.8. The van der Waals surface area contributed by atoms with Crippen LogP contribution in [0, 0.1) is 12.7 Å². The summed E-state index contributed by atoms with van der Waals surface area (Å²) in [5.41, 5.74) is 1.96. The molecule has 2 amide bonds. The van der Waals surface area contributed by atoms with Gasteiger partial charge in [0.05, 0.1) is 11.4 Å². The number of aromatic nitrogens is 4. The average Bonchev–Trinajstić information content (AvgIpc) is 3.12. The molecule has 0 spiro atoms. The minimum Gasteiger partial charge on any atom is -0.311 e. The molecule has 1 N–H and O–H groups in total. The molecule has 1 aliphatic rings. The van der Waals surface area contributed by atoms with Crippen molar-refractivity contribution in [1.29, 1.82) is 0 Å². The lowest BCUT2D eigenvalue weighted by Gasteiger charge is -2.27. The number of halogens is 1. The van der Waals surface area contributed by atoms with Crippen molar-refractivity contribution in [3.8, 4) is 11.3 Å². The summed E-state index contributed by atoms with van der Waals surface area (Å²) in [5.74, 6) is 0.362. The maximum atomic E-state index is 13.3. The highest BCUT2D eigenvalue weighted by atomic mass is 19.1. The highest BCUT2D eigenvalue weighted by Gasteiger charge is 2.24. The molecule has 0 aromatic carbocycles. The molecule has 0 atom stereocenters. The van der Waals surface area contributed by atoms with Gasteiger partial charge in [0, 0.05) is 56.0 Å². The highest BCUT2D eigenvalue weighted by Crippen LogP contribution is 2.23. The average molecular weight is 408 g/mol. The van der Waals surface area contributed by atoms with E-state index in [9.17, 15) is 14.0 Å². The van der Waals surface area contributed by atoms with E-state index in [1.165, 1.54) is 24.5 Å². The predicted molar refractivity (Wildman–Crippen MR) is 109 cm³/mol. The Morgan fingerprint density at radius 1 is 1.13 bits per heavy atom. The molecule has 4 heterocycles. The summed E-state index contributed by atoms with van der Waals surface area (Å²) in [5, 5.41) is 7.06. The van der Waals surface area contributed by atoms with Crippen LogP contribution in [0.25, 0.3) is 11.3 Å². The molecule has 0 radical (unpaired) electrons. The first kappa shape index (κ1) is 19.7. The van der Waals surface area contributed by atoms with E-state index in [4.69, 9.17) is 0 Å². The Morgan fingerprint density at radius 3 is 2.77 bits per heavy atom. The Hall–Kier alpha value is -3.62. The quantitative estimate of drug-likeness (QED) is 0.701. The first-order valence-electron chi connectivity index (χ1n) is 9.72. The van der Waals surface area contributed by atoms with Gasteiger partial charge in [0.25, 0.3) is 0 Å². The van der Waals surface area contributed by atoms with Gasteiger partial charge in [-0.1, -0.05) is 0 Å². The standard InChI is InChI=1S/C21H21FN6O2/c1-14-11-20-27(9-2-10-28(20)26-14)21(30)6-5-19(29)25-18-4-3-15(13-24-18)17-12-16(22)7-8-23-17/h3-4,7-8,11-13H,2,5-6,9-10H2,1H3,(H,24,25,29). The zero-order valence-corrected chi connectivity index (χ0v) is 16.5. The van der Waals surface area contributed by atoms with E-state index in [0.29, 0.717) is 23.6 Å². The van der Waals surface area contributed by atoms with Gasteiger partial charge in [-0.3, -0.25) is 19.5 Å². The predicted octanol–water partition coefficient (Wildman–Crippen LogP) is 2.94. The van der Waals surface area contributed by atoms with Gasteiger partial charge < -0.3 is 5.32 Å². The van der Waals surface area contributed by atoms with Crippen LogP contribution in [0.3, 0.4) is 0 Å². The molecule has 0 fully saturated rings. The van der Waals surface area contributed by atoms with Crippen LogP contribution in [0.1, 0.15) is 25.0 Å². The van der Waals surface area contributed by atoms with Crippen LogP contribution < -0.4 is 10.2 Å². The number of hydrogen-bond donors (Lipinski definition) is 1. The molecule has 3 aromatic rings. The molecule has 0 saturated carbocycles. The van der Waals surface area contributed by atoms with Crippen LogP contribution in [-0.4, -0.2) is 38.1 Å². The molecule has 0 aliphatic carbocycles. The number of carbonyl (C=O) groups is 2. The first-order valence-corrected chi connectivity index (χ1v) is 9.72. The minimum absolute atomic E-state index is 0.0529. The second-order valence-electron chi connectivity index (χ2n) is 7.11. The van der Waals surface area contributed by atoms with E-state index >= 15 is 0 Å². The fraction of sp³-hybridized carbons (Fsp3) is 0.286.